The number of ether oxygens (including phenoxy) is 1. The van der Waals surface area contributed by atoms with E-state index in [0.717, 1.165) is 16.3 Å². The maximum atomic E-state index is 5.88. The van der Waals surface area contributed by atoms with E-state index < -0.39 is 0 Å². The third kappa shape index (κ3) is 2.84. The van der Waals surface area contributed by atoms with Crippen LogP contribution in [0.1, 0.15) is 10.6 Å². The normalized spacial score (nSPS) is 10.4. The van der Waals surface area contributed by atoms with E-state index in [1.165, 1.54) is 11.3 Å². The molecule has 16 heavy (non-hydrogen) atoms. The van der Waals surface area contributed by atoms with Crippen molar-refractivity contribution in [2.75, 3.05) is 0 Å². The van der Waals surface area contributed by atoms with Gasteiger partial charge in [-0.1, -0.05) is 29.0 Å². The minimum absolute atomic E-state index is 0.353. The summed E-state index contributed by atoms with van der Waals surface area (Å²) in [6.07, 6.45) is 0. The lowest BCUT2D eigenvalue weighted by Crippen LogP contribution is -1.96. The standard InChI is InChI=1S/C10H8Cl2N2OS/c1-6-2-3-7(11)4-8(6)15-5-9-13-14-10(12)16-9/h2-4H,5H2,1H3. The molecule has 0 saturated carbocycles. The number of aromatic nitrogens is 2. The van der Waals surface area contributed by atoms with Gasteiger partial charge in [0, 0.05) is 5.02 Å². The fourth-order valence-corrected chi connectivity index (χ4v) is 2.10. The van der Waals surface area contributed by atoms with E-state index in [1.807, 2.05) is 19.1 Å². The first-order chi connectivity index (χ1) is 7.65. The summed E-state index contributed by atoms with van der Waals surface area (Å²) in [5.41, 5.74) is 1.03. The van der Waals surface area contributed by atoms with Gasteiger partial charge in [-0.2, -0.15) is 0 Å². The quantitative estimate of drug-likeness (QED) is 0.856. The molecule has 0 radical (unpaired) electrons. The van der Waals surface area contributed by atoms with Crippen molar-refractivity contribution in [1.82, 2.24) is 10.2 Å². The van der Waals surface area contributed by atoms with Crippen molar-refractivity contribution in [3.8, 4) is 5.75 Å². The second kappa shape index (κ2) is 4.99. The molecule has 1 heterocycles. The SMILES string of the molecule is Cc1ccc(Cl)cc1OCc1nnc(Cl)s1. The number of nitrogens with zero attached hydrogens (tertiary/aromatic N) is 2. The second-order valence-electron chi connectivity index (χ2n) is 3.15. The van der Waals surface area contributed by atoms with Crippen LogP contribution in [0, 0.1) is 6.92 Å². The largest absolute Gasteiger partial charge is 0.486 e. The van der Waals surface area contributed by atoms with Crippen LogP contribution in [-0.4, -0.2) is 10.2 Å². The monoisotopic (exact) mass is 274 g/mol. The van der Waals surface area contributed by atoms with Crippen molar-refractivity contribution in [2.24, 2.45) is 0 Å². The van der Waals surface area contributed by atoms with Crippen LogP contribution in [0.5, 0.6) is 5.75 Å². The predicted molar refractivity (Wildman–Crippen MR) is 65.4 cm³/mol. The van der Waals surface area contributed by atoms with Crippen LogP contribution in [0.2, 0.25) is 9.49 Å². The maximum Gasteiger partial charge on any atom is 0.207 e. The number of halogens is 2. The molecule has 0 N–H and O–H groups in total. The third-order valence-corrected chi connectivity index (χ3v) is 3.17. The van der Waals surface area contributed by atoms with E-state index in [0.29, 0.717) is 16.1 Å². The zero-order valence-corrected chi connectivity index (χ0v) is 10.7. The second-order valence-corrected chi connectivity index (χ2v) is 5.23. The van der Waals surface area contributed by atoms with E-state index >= 15 is 0 Å². The number of benzene rings is 1. The Morgan fingerprint density at radius 3 is 2.81 bits per heavy atom. The Morgan fingerprint density at radius 2 is 2.12 bits per heavy atom. The molecular formula is C10H8Cl2N2OS. The molecule has 0 saturated heterocycles. The van der Waals surface area contributed by atoms with Gasteiger partial charge in [0.05, 0.1) is 0 Å². The summed E-state index contributed by atoms with van der Waals surface area (Å²) in [6, 6.07) is 5.51. The summed E-state index contributed by atoms with van der Waals surface area (Å²) in [5, 5.41) is 8.95. The van der Waals surface area contributed by atoms with E-state index in [2.05, 4.69) is 10.2 Å². The van der Waals surface area contributed by atoms with Gasteiger partial charge in [-0.3, -0.25) is 0 Å². The smallest absolute Gasteiger partial charge is 0.207 e. The average Bonchev–Trinajstić information content (AvgIpc) is 2.66. The van der Waals surface area contributed by atoms with Gasteiger partial charge in [0.15, 0.2) is 5.01 Å². The van der Waals surface area contributed by atoms with Crippen molar-refractivity contribution in [3.63, 3.8) is 0 Å². The van der Waals surface area contributed by atoms with Crippen LogP contribution in [0.25, 0.3) is 0 Å². The molecule has 0 bridgehead atoms. The van der Waals surface area contributed by atoms with E-state index in [4.69, 9.17) is 27.9 Å². The molecule has 0 aliphatic heterocycles. The Labute approximate surface area is 107 Å². The minimum atomic E-state index is 0.353. The molecule has 1 aromatic heterocycles. The van der Waals surface area contributed by atoms with E-state index in [-0.39, 0.29) is 0 Å². The van der Waals surface area contributed by atoms with E-state index in [1.54, 1.807) is 6.07 Å². The number of hydrogen-bond donors (Lipinski definition) is 0. The lowest BCUT2D eigenvalue weighted by atomic mass is 10.2. The third-order valence-electron chi connectivity index (χ3n) is 1.94. The Balaban J connectivity index is 2.07. The topological polar surface area (TPSA) is 35.0 Å². The highest BCUT2D eigenvalue weighted by Crippen LogP contribution is 2.24. The minimum Gasteiger partial charge on any atom is -0.486 e. The Hall–Kier alpha value is -0.840. The first kappa shape index (κ1) is 11.6. The first-order valence-corrected chi connectivity index (χ1v) is 6.09. The molecule has 2 rings (SSSR count). The number of aryl methyl sites for hydroxylation is 1. The molecule has 0 unspecified atom stereocenters. The molecule has 0 atom stereocenters. The summed E-state index contributed by atoms with van der Waals surface area (Å²) in [7, 11) is 0. The molecule has 0 amide bonds. The van der Waals surface area contributed by atoms with Crippen LogP contribution in [0.4, 0.5) is 0 Å². The lowest BCUT2D eigenvalue weighted by molar-refractivity contribution is 0.302. The van der Waals surface area contributed by atoms with Crippen molar-refractivity contribution >= 4 is 34.5 Å². The zero-order valence-electron chi connectivity index (χ0n) is 8.41. The highest BCUT2D eigenvalue weighted by Gasteiger charge is 2.05. The molecule has 84 valence electrons. The summed E-state index contributed by atoms with van der Waals surface area (Å²) >= 11 is 12.8. The fourth-order valence-electron chi connectivity index (χ4n) is 1.16. The molecule has 0 fully saturated rings. The molecular weight excluding hydrogens is 267 g/mol. The summed E-state index contributed by atoms with van der Waals surface area (Å²) in [4.78, 5) is 0. The van der Waals surface area contributed by atoms with Gasteiger partial charge >= 0.3 is 0 Å². The van der Waals surface area contributed by atoms with Gasteiger partial charge < -0.3 is 4.74 Å². The van der Waals surface area contributed by atoms with Crippen LogP contribution in [0.3, 0.4) is 0 Å². The van der Waals surface area contributed by atoms with Crippen molar-refractivity contribution < 1.29 is 4.74 Å². The van der Waals surface area contributed by atoms with Gasteiger partial charge in [0.1, 0.15) is 12.4 Å². The van der Waals surface area contributed by atoms with Crippen LogP contribution in [0.15, 0.2) is 18.2 Å². The number of rotatable bonds is 3. The molecule has 0 aliphatic carbocycles. The van der Waals surface area contributed by atoms with Gasteiger partial charge in [0.2, 0.25) is 4.47 Å². The van der Waals surface area contributed by atoms with Gasteiger partial charge in [-0.25, -0.2) is 0 Å². The van der Waals surface area contributed by atoms with Gasteiger partial charge in [-0.05, 0) is 36.2 Å². The molecule has 1 aromatic carbocycles. The van der Waals surface area contributed by atoms with Crippen molar-refractivity contribution in [2.45, 2.75) is 13.5 Å². The van der Waals surface area contributed by atoms with E-state index in [9.17, 15) is 0 Å². The first-order valence-electron chi connectivity index (χ1n) is 4.52. The lowest BCUT2D eigenvalue weighted by Gasteiger charge is -2.07. The van der Waals surface area contributed by atoms with Crippen LogP contribution < -0.4 is 4.74 Å². The summed E-state index contributed by atoms with van der Waals surface area (Å²) < 4.78 is 6.00. The molecule has 3 nitrogen and oxygen atoms in total. The average molecular weight is 275 g/mol. The zero-order chi connectivity index (χ0) is 11.5. The molecule has 0 spiro atoms. The highest BCUT2D eigenvalue weighted by molar-refractivity contribution is 7.15. The van der Waals surface area contributed by atoms with Crippen LogP contribution in [-0.2, 0) is 6.61 Å². The van der Waals surface area contributed by atoms with Gasteiger partial charge in [-0.15, -0.1) is 10.2 Å². The Morgan fingerprint density at radius 1 is 1.31 bits per heavy atom. The fraction of sp³-hybridized carbons (Fsp3) is 0.200. The predicted octanol–water partition coefficient (Wildman–Crippen LogP) is 3.73. The maximum absolute atomic E-state index is 5.88. The highest BCUT2D eigenvalue weighted by atomic mass is 35.5. The Kier molecular flexibility index (Phi) is 3.63. The molecule has 6 heteroatoms. The van der Waals surface area contributed by atoms with Crippen molar-refractivity contribution in [1.29, 1.82) is 0 Å². The van der Waals surface area contributed by atoms with Crippen LogP contribution >= 0.6 is 34.5 Å². The Bertz CT molecular complexity index is 501. The molecule has 0 aliphatic rings. The number of hydrogen-bond acceptors (Lipinski definition) is 4. The van der Waals surface area contributed by atoms with Gasteiger partial charge in [0.25, 0.3) is 0 Å². The summed E-state index contributed by atoms with van der Waals surface area (Å²) in [5.74, 6) is 0.749. The molecule has 2 aromatic rings. The van der Waals surface area contributed by atoms with Crippen molar-refractivity contribution in [3.05, 3.63) is 38.3 Å². The summed E-state index contributed by atoms with van der Waals surface area (Å²) in [6.45, 7) is 2.31.